The van der Waals surface area contributed by atoms with Gasteiger partial charge >= 0.3 is 5.69 Å². The molecule has 1 aliphatic heterocycles. The molecule has 5 rings (SSSR count). The number of aryl methyl sites for hydroxylation is 1. The van der Waals surface area contributed by atoms with E-state index >= 15 is 0 Å². The SMILES string of the molecule is Cn1c(=O)c2c(nc(N3CCN(Cc4ccc(F)cc4)CC3)n2Cc2ccc(Br)cc2)n(C)c1=O. The van der Waals surface area contributed by atoms with Crippen LogP contribution in [0, 0.1) is 5.82 Å². The molecule has 2 aromatic heterocycles. The monoisotopic (exact) mass is 540 g/mol. The molecule has 1 aliphatic rings. The van der Waals surface area contributed by atoms with Gasteiger partial charge in [-0.1, -0.05) is 40.2 Å². The Morgan fingerprint density at radius 3 is 2.11 bits per heavy atom. The van der Waals surface area contributed by atoms with E-state index in [1.807, 2.05) is 41.0 Å². The summed E-state index contributed by atoms with van der Waals surface area (Å²) < 4.78 is 18.7. The van der Waals surface area contributed by atoms with E-state index in [1.165, 1.54) is 23.7 Å². The lowest BCUT2D eigenvalue weighted by atomic mass is 10.2. The van der Waals surface area contributed by atoms with Crippen molar-refractivity contribution in [3.05, 3.63) is 90.8 Å². The molecule has 0 saturated carbocycles. The van der Waals surface area contributed by atoms with E-state index in [2.05, 4.69) is 25.7 Å². The maximum atomic E-state index is 13.2. The van der Waals surface area contributed by atoms with Gasteiger partial charge in [0.05, 0.1) is 6.54 Å². The van der Waals surface area contributed by atoms with Crippen LogP contribution in [-0.4, -0.2) is 49.8 Å². The van der Waals surface area contributed by atoms with Crippen molar-refractivity contribution in [1.82, 2.24) is 23.6 Å². The molecule has 1 fully saturated rings. The van der Waals surface area contributed by atoms with E-state index in [-0.39, 0.29) is 11.4 Å². The smallest absolute Gasteiger partial charge is 0.332 e. The molecular weight excluding hydrogens is 515 g/mol. The van der Waals surface area contributed by atoms with E-state index < -0.39 is 5.69 Å². The van der Waals surface area contributed by atoms with Gasteiger partial charge in [-0.15, -0.1) is 0 Å². The highest BCUT2D eigenvalue weighted by Crippen LogP contribution is 2.23. The van der Waals surface area contributed by atoms with E-state index in [0.717, 1.165) is 52.9 Å². The van der Waals surface area contributed by atoms with E-state index in [9.17, 15) is 14.0 Å². The lowest BCUT2D eigenvalue weighted by Crippen LogP contribution is -2.47. The van der Waals surface area contributed by atoms with Crippen LogP contribution in [0.5, 0.6) is 0 Å². The predicted octanol–water partition coefficient (Wildman–Crippen LogP) is 2.71. The number of imidazole rings is 1. The van der Waals surface area contributed by atoms with Crippen LogP contribution in [0.25, 0.3) is 11.2 Å². The summed E-state index contributed by atoms with van der Waals surface area (Å²) in [6.07, 6.45) is 0. The number of benzene rings is 2. The molecule has 0 aliphatic carbocycles. The third-order valence-corrected chi connectivity index (χ3v) is 7.09. The van der Waals surface area contributed by atoms with Gasteiger partial charge < -0.3 is 4.90 Å². The largest absolute Gasteiger partial charge is 0.340 e. The maximum absolute atomic E-state index is 13.2. The first kappa shape index (κ1) is 23.5. The molecule has 0 unspecified atom stereocenters. The van der Waals surface area contributed by atoms with Crippen molar-refractivity contribution in [1.29, 1.82) is 0 Å². The number of hydrogen-bond donors (Lipinski definition) is 0. The maximum Gasteiger partial charge on any atom is 0.332 e. The van der Waals surface area contributed by atoms with Gasteiger partial charge in [-0.25, -0.2) is 9.18 Å². The summed E-state index contributed by atoms with van der Waals surface area (Å²) >= 11 is 3.47. The summed E-state index contributed by atoms with van der Waals surface area (Å²) in [6.45, 7) is 4.25. The highest BCUT2D eigenvalue weighted by Gasteiger charge is 2.26. The fourth-order valence-electron chi connectivity index (χ4n) is 4.55. The number of rotatable bonds is 5. The summed E-state index contributed by atoms with van der Waals surface area (Å²) in [5.41, 5.74) is 2.15. The first-order valence-electron chi connectivity index (χ1n) is 11.4. The average Bonchev–Trinajstić information content (AvgIpc) is 3.24. The lowest BCUT2D eigenvalue weighted by molar-refractivity contribution is 0.248. The molecule has 2 aromatic carbocycles. The number of anilines is 1. The van der Waals surface area contributed by atoms with Crippen LogP contribution in [0.4, 0.5) is 10.3 Å². The van der Waals surface area contributed by atoms with Crippen LogP contribution in [0.1, 0.15) is 11.1 Å². The van der Waals surface area contributed by atoms with E-state index in [0.29, 0.717) is 23.7 Å². The molecule has 10 heteroatoms. The molecule has 0 N–H and O–H groups in total. The van der Waals surface area contributed by atoms with Crippen LogP contribution >= 0.6 is 15.9 Å². The summed E-state index contributed by atoms with van der Waals surface area (Å²) in [4.78, 5) is 35.0. The number of piperazine rings is 1. The van der Waals surface area contributed by atoms with Crippen LogP contribution in [0.15, 0.2) is 62.6 Å². The molecule has 8 nitrogen and oxygen atoms in total. The Bertz CT molecular complexity index is 1480. The van der Waals surface area contributed by atoms with Crippen molar-refractivity contribution in [3.8, 4) is 0 Å². The average molecular weight is 541 g/mol. The van der Waals surface area contributed by atoms with E-state index in [4.69, 9.17) is 4.98 Å². The standard InChI is InChI=1S/C25H26BrFN6O2/c1-29-22-21(23(34)30(2)25(29)35)33(16-18-3-7-19(26)8-4-18)24(28-22)32-13-11-31(12-14-32)15-17-5-9-20(27)10-6-17/h3-10H,11-16H2,1-2H3. The van der Waals surface area contributed by atoms with Crippen molar-refractivity contribution in [3.63, 3.8) is 0 Å². The molecule has 3 heterocycles. The number of fused-ring (bicyclic) bond motifs is 1. The van der Waals surface area contributed by atoms with Crippen molar-refractivity contribution in [2.45, 2.75) is 13.1 Å². The van der Waals surface area contributed by atoms with Gasteiger partial charge in [0.15, 0.2) is 11.2 Å². The Kier molecular flexibility index (Phi) is 6.33. The van der Waals surface area contributed by atoms with Crippen LogP contribution < -0.4 is 16.1 Å². The van der Waals surface area contributed by atoms with Gasteiger partial charge in [0.25, 0.3) is 5.56 Å². The first-order valence-corrected chi connectivity index (χ1v) is 12.2. The number of nitrogens with zero attached hydrogens (tertiary/aromatic N) is 6. The number of halogens is 2. The normalized spacial score (nSPS) is 14.7. The van der Waals surface area contributed by atoms with Crippen molar-refractivity contribution < 1.29 is 4.39 Å². The quantitative estimate of drug-likeness (QED) is 0.389. The fourth-order valence-corrected chi connectivity index (χ4v) is 4.82. The molecule has 0 amide bonds. The molecule has 0 bridgehead atoms. The molecule has 182 valence electrons. The minimum Gasteiger partial charge on any atom is -0.340 e. The van der Waals surface area contributed by atoms with Gasteiger partial charge in [0, 0.05) is 51.3 Å². The third kappa shape index (κ3) is 4.55. The zero-order valence-electron chi connectivity index (χ0n) is 19.6. The van der Waals surface area contributed by atoms with Gasteiger partial charge in [-0.05, 0) is 35.4 Å². The predicted molar refractivity (Wildman–Crippen MR) is 137 cm³/mol. The molecule has 4 aromatic rings. The van der Waals surface area contributed by atoms with Gasteiger partial charge in [-0.3, -0.25) is 23.4 Å². The minimum absolute atomic E-state index is 0.233. The Morgan fingerprint density at radius 1 is 0.857 bits per heavy atom. The molecule has 0 radical (unpaired) electrons. The minimum atomic E-state index is -0.397. The molecule has 0 spiro atoms. The van der Waals surface area contributed by atoms with Gasteiger partial charge in [0.2, 0.25) is 5.95 Å². The highest BCUT2D eigenvalue weighted by molar-refractivity contribution is 9.10. The third-order valence-electron chi connectivity index (χ3n) is 6.56. The molecule has 0 atom stereocenters. The summed E-state index contributed by atoms with van der Waals surface area (Å²) in [6, 6.07) is 14.6. The topological polar surface area (TPSA) is 68.3 Å². The zero-order valence-corrected chi connectivity index (χ0v) is 21.2. The van der Waals surface area contributed by atoms with Gasteiger partial charge in [0.1, 0.15) is 5.82 Å². The number of aromatic nitrogens is 4. The Morgan fingerprint density at radius 2 is 1.46 bits per heavy atom. The van der Waals surface area contributed by atoms with Crippen LogP contribution in [-0.2, 0) is 27.2 Å². The van der Waals surface area contributed by atoms with Crippen LogP contribution in [0.3, 0.4) is 0 Å². The second-order valence-electron chi connectivity index (χ2n) is 8.89. The Balaban J connectivity index is 1.48. The second kappa shape index (κ2) is 9.43. The number of hydrogen-bond acceptors (Lipinski definition) is 5. The Labute approximate surface area is 210 Å². The molecule has 1 saturated heterocycles. The summed E-state index contributed by atoms with van der Waals surface area (Å²) in [5.74, 6) is 0.450. The zero-order chi connectivity index (χ0) is 24.7. The molecular formula is C25H26BrFN6O2. The van der Waals surface area contributed by atoms with Gasteiger partial charge in [-0.2, -0.15) is 4.98 Å². The van der Waals surface area contributed by atoms with E-state index in [1.54, 1.807) is 7.05 Å². The van der Waals surface area contributed by atoms with Crippen LogP contribution in [0.2, 0.25) is 0 Å². The van der Waals surface area contributed by atoms with Crippen molar-refractivity contribution >= 4 is 33.0 Å². The lowest BCUT2D eigenvalue weighted by Gasteiger charge is -2.35. The molecule has 35 heavy (non-hydrogen) atoms. The summed E-state index contributed by atoms with van der Waals surface area (Å²) in [7, 11) is 3.14. The first-order chi connectivity index (χ1) is 16.8. The summed E-state index contributed by atoms with van der Waals surface area (Å²) in [5, 5.41) is 0. The Hall–Kier alpha value is -3.24. The highest BCUT2D eigenvalue weighted by atomic mass is 79.9. The second-order valence-corrected chi connectivity index (χ2v) is 9.81. The fraction of sp³-hybridized carbons (Fsp3) is 0.320. The van der Waals surface area contributed by atoms with Crippen molar-refractivity contribution in [2.24, 2.45) is 14.1 Å². The van der Waals surface area contributed by atoms with Crippen molar-refractivity contribution in [2.75, 3.05) is 31.1 Å².